The van der Waals surface area contributed by atoms with Crippen molar-refractivity contribution < 1.29 is 14.5 Å². The second-order valence-corrected chi connectivity index (χ2v) is 3.33. The van der Waals surface area contributed by atoms with Gasteiger partial charge in [0.25, 0.3) is 0 Å². The van der Waals surface area contributed by atoms with Crippen LogP contribution < -0.4 is 0 Å². The average molecular weight is 223 g/mol. The van der Waals surface area contributed by atoms with E-state index in [9.17, 15) is 14.9 Å². The first-order valence-electron chi connectivity index (χ1n) is 4.89. The van der Waals surface area contributed by atoms with E-state index in [1.165, 1.54) is 7.11 Å². The number of nitro groups is 1. The Labute approximate surface area is 93.2 Å². The Morgan fingerprint density at radius 2 is 2.06 bits per heavy atom. The van der Waals surface area contributed by atoms with E-state index >= 15 is 0 Å². The zero-order chi connectivity index (χ0) is 12.0. The molecule has 0 aliphatic carbocycles. The van der Waals surface area contributed by atoms with Gasteiger partial charge in [-0.2, -0.15) is 0 Å². The molecule has 5 heteroatoms. The average Bonchev–Trinajstić information content (AvgIpc) is 2.30. The van der Waals surface area contributed by atoms with Crippen LogP contribution in [0.3, 0.4) is 0 Å². The summed E-state index contributed by atoms with van der Waals surface area (Å²) in [5.74, 6) is -0.996. The van der Waals surface area contributed by atoms with E-state index in [0.717, 1.165) is 5.56 Å². The molecule has 0 saturated carbocycles. The smallest absolute Gasteiger partial charge is 0.313 e. The summed E-state index contributed by atoms with van der Waals surface area (Å²) in [5.41, 5.74) is 0.746. The van der Waals surface area contributed by atoms with E-state index in [0.29, 0.717) is 0 Å². The molecular formula is C11H13NO4. The van der Waals surface area contributed by atoms with E-state index in [4.69, 9.17) is 0 Å². The van der Waals surface area contributed by atoms with Gasteiger partial charge in [0.05, 0.1) is 13.0 Å². The van der Waals surface area contributed by atoms with Gasteiger partial charge in [0.2, 0.25) is 6.54 Å². The van der Waals surface area contributed by atoms with Crippen molar-refractivity contribution in [3.05, 3.63) is 46.0 Å². The molecule has 86 valence electrons. The molecule has 0 aromatic heterocycles. The number of rotatable bonds is 5. The Morgan fingerprint density at radius 1 is 1.44 bits per heavy atom. The molecule has 5 nitrogen and oxygen atoms in total. The Morgan fingerprint density at radius 3 is 2.56 bits per heavy atom. The number of nitrogens with zero attached hydrogens (tertiary/aromatic N) is 1. The molecular weight excluding hydrogens is 210 g/mol. The van der Waals surface area contributed by atoms with Crippen LogP contribution in [0.5, 0.6) is 0 Å². The van der Waals surface area contributed by atoms with Crippen molar-refractivity contribution in [1.82, 2.24) is 0 Å². The highest BCUT2D eigenvalue weighted by molar-refractivity contribution is 5.77. The molecule has 1 aromatic carbocycles. The molecule has 0 aliphatic rings. The van der Waals surface area contributed by atoms with Crippen LogP contribution in [-0.2, 0) is 9.53 Å². The molecule has 16 heavy (non-hydrogen) atoms. The summed E-state index contributed by atoms with van der Waals surface area (Å²) < 4.78 is 4.64. The third kappa shape index (κ3) is 3.34. The second kappa shape index (κ2) is 5.85. The quantitative estimate of drug-likeness (QED) is 0.432. The summed E-state index contributed by atoms with van der Waals surface area (Å²) in [6.07, 6.45) is 0.156. The highest BCUT2D eigenvalue weighted by Crippen LogP contribution is 2.20. The first kappa shape index (κ1) is 12.2. The zero-order valence-electron chi connectivity index (χ0n) is 8.96. The normalized spacial score (nSPS) is 11.8. The predicted octanol–water partition coefficient (Wildman–Crippen LogP) is 1.61. The van der Waals surface area contributed by atoms with Crippen molar-refractivity contribution in [2.75, 3.05) is 13.7 Å². The van der Waals surface area contributed by atoms with Crippen molar-refractivity contribution >= 4 is 5.97 Å². The molecule has 1 rings (SSSR count). The molecule has 0 saturated heterocycles. The summed E-state index contributed by atoms with van der Waals surface area (Å²) in [6, 6.07) is 8.93. The number of methoxy groups -OCH3 is 1. The van der Waals surface area contributed by atoms with E-state index in [2.05, 4.69) is 4.74 Å². The van der Waals surface area contributed by atoms with Gasteiger partial charge >= 0.3 is 5.97 Å². The number of ether oxygens (including phenoxy) is 1. The van der Waals surface area contributed by atoms with Crippen LogP contribution in [-0.4, -0.2) is 24.5 Å². The van der Waals surface area contributed by atoms with Crippen LogP contribution in [0.4, 0.5) is 0 Å². The van der Waals surface area contributed by atoms with E-state index < -0.39 is 16.8 Å². The Bertz CT molecular complexity index is 364. The lowest BCUT2D eigenvalue weighted by atomic mass is 9.96. The molecule has 1 unspecified atom stereocenters. The monoisotopic (exact) mass is 223 g/mol. The Hall–Kier alpha value is -1.91. The molecule has 0 bridgehead atoms. The van der Waals surface area contributed by atoms with Crippen molar-refractivity contribution in [2.45, 2.75) is 12.3 Å². The minimum Gasteiger partial charge on any atom is -0.469 e. The highest BCUT2D eigenvalue weighted by Gasteiger charge is 2.22. The molecule has 0 N–H and O–H groups in total. The third-order valence-corrected chi connectivity index (χ3v) is 2.29. The lowest BCUT2D eigenvalue weighted by Gasteiger charge is -2.12. The predicted molar refractivity (Wildman–Crippen MR) is 57.7 cm³/mol. The Balaban J connectivity index is 2.79. The lowest BCUT2D eigenvalue weighted by molar-refractivity contribution is -0.480. The van der Waals surface area contributed by atoms with Gasteiger partial charge in [0.1, 0.15) is 0 Å². The third-order valence-electron chi connectivity index (χ3n) is 2.29. The van der Waals surface area contributed by atoms with E-state index in [-0.39, 0.29) is 13.0 Å². The summed E-state index contributed by atoms with van der Waals surface area (Å²) in [7, 11) is 1.28. The first-order valence-corrected chi connectivity index (χ1v) is 4.89. The molecule has 1 atom stereocenters. The van der Waals surface area contributed by atoms with Gasteiger partial charge in [-0.05, 0) is 5.56 Å². The fourth-order valence-corrected chi connectivity index (χ4v) is 1.48. The van der Waals surface area contributed by atoms with E-state index in [1.807, 2.05) is 6.07 Å². The molecule has 0 spiro atoms. The Kier molecular flexibility index (Phi) is 4.44. The number of esters is 1. The van der Waals surface area contributed by atoms with Crippen LogP contribution in [0.15, 0.2) is 30.3 Å². The zero-order valence-corrected chi connectivity index (χ0v) is 8.96. The molecule has 0 radical (unpaired) electrons. The van der Waals surface area contributed by atoms with Crippen molar-refractivity contribution in [1.29, 1.82) is 0 Å². The highest BCUT2D eigenvalue weighted by atomic mass is 16.6. The van der Waals surface area contributed by atoms with Crippen LogP contribution in [0.1, 0.15) is 17.9 Å². The largest absolute Gasteiger partial charge is 0.469 e. The van der Waals surface area contributed by atoms with Gasteiger partial charge in [-0.1, -0.05) is 30.3 Å². The van der Waals surface area contributed by atoms with Crippen LogP contribution in [0.25, 0.3) is 0 Å². The number of carbonyl (C=O) groups is 1. The van der Waals surface area contributed by atoms with Crippen molar-refractivity contribution in [3.63, 3.8) is 0 Å². The number of benzene rings is 1. The molecule has 0 fully saturated rings. The van der Waals surface area contributed by atoms with Gasteiger partial charge in [0.15, 0.2) is 0 Å². The number of hydrogen-bond donors (Lipinski definition) is 0. The first-order chi connectivity index (χ1) is 7.65. The summed E-state index contributed by atoms with van der Waals surface area (Å²) in [5, 5.41) is 10.3. The van der Waals surface area contributed by atoms with Gasteiger partial charge < -0.3 is 4.74 Å². The maximum atomic E-state index is 11.5. The van der Waals surface area contributed by atoms with Crippen LogP contribution in [0, 0.1) is 10.1 Å². The minimum atomic E-state index is -0.559. The standard InChI is InChI=1S/C11H13NO4/c1-16-11(13)10(7-8-12(14)15)9-5-3-2-4-6-9/h2-6,10H,7-8H2,1H3. The molecule has 0 aliphatic heterocycles. The summed E-state index contributed by atoms with van der Waals surface area (Å²) in [6.45, 7) is -0.241. The lowest BCUT2D eigenvalue weighted by Crippen LogP contribution is -2.17. The van der Waals surface area contributed by atoms with Gasteiger partial charge in [0, 0.05) is 11.3 Å². The number of hydrogen-bond acceptors (Lipinski definition) is 4. The topological polar surface area (TPSA) is 69.4 Å². The molecule has 0 heterocycles. The fraction of sp³-hybridized carbons (Fsp3) is 0.364. The summed E-state index contributed by atoms with van der Waals surface area (Å²) in [4.78, 5) is 21.3. The maximum Gasteiger partial charge on any atom is 0.313 e. The van der Waals surface area contributed by atoms with Crippen LogP contribution in [0.2, 0.25) is 0 Å². The summed E-state index contributed by atoms with van der Waals surface area (Å²) >= 11 is 0. The van der Waals surface area contributed by atoms with E-state index in [1.54, 1.807) is 24.3 Å². The fourth-order valence-electron chi connectivity index (χ4n) is 1.48. The van der Waals surface area contributed by atoms with Crippen LogP contribution >= 0.6 is 0 Å². The van der Waals surface area contributed by atoms with Gasteiger partial charge in [-0.15, -0.1) is 0 Å². The molecule has 0 amide bonds. The van der Waals surface area contributed by atoms with Gasteiger partial charge in [-0.3, -0.25) is 14.9 Å². The van der Waals surface area contributed by atoms with Gasteiger partial charge in [-0.25, -0.2) is 0 Å². The van der Waals surface area contributed by atoms with Crippen molar-refractivity contribution in [2.24, 2.45) is 0 Å². The minimum absolute atomic E-state index is 0.156. The SMILES string of the molecule is COC(=O)C(CC[N+](=O)[O-])c1ccccc1. The molecule has 1 aromatic rings. The maximum absolute atomic E-state index is 11.5. The van der Waals surface area contributed by atoms with Crippen molar-refractivity contribution in [3.8, 4) is 0 Å². The number of carbonyl (C=O) groups excluding carboxylic acids is 1. The second-order valence-electron chi connectivity index (χ2n) is 3.33.